The van der Waals surface area contributed by atoms with Crippen molar-refractivity contribution in [3.8, 4) is 69.0 Å². The molecular weight excluding hydrogens is 568 g/mol. The van der Waals surface area contributed by atoms with Crippen LogP contribution in [-0.4, -0.2) is 62.3 Å². The second kappa shape index (κ2) is 9.77. The zero-order valence-corrected chi connectivity index (χ0v) is 22.0. The van der Waals surface area contributed by atoms with Crippen LogP contribution in [0.4, 0.5) is 0 Å². The van der Waals surface area contributed by atoms with Crippen molar-refractivity contribution in [2.24, 2.45) is 0 Å². The Hall–Kier alpha value is -5.56. The van der Waals surface area contributed by atoms with E-state index in [1.54, 1.807) is 0 Å². The van der Waals surface area contributed by atoms with E-state index in [0.717, 1.165) is 30.3 Å². The molecule has 2 aliphatic heterocycles. The monoisotopic (exact) mass is 594 g/mol. The first-order chi connectivity index (χ1) is 20.3. The fraction of sp³-hybridized carbons (Fsp3) is 0.200. The van der Waals surface area contributed by atoms with Gasteiger partial charge in [-0.1, -0.05) is 0 Å². The normalized spacial score (nSPS) is 20.9. The van der Waals surface area contributed by atoms with Crippen LogP contribution in [0.2, 0.25) is 0 Å². The molecular formula is C30H26O13. The van der Waals surface area contributed by atoms with Gasteiger partial charge in [-0.05, 0) is 42.7 Å². The number of phenols is 10. The van der Waals surface area contributed by atoms with Crippen molar-refractivity contribution < 1.29 is 65.6 Å². The summed E-state index contributed by atoms with van der Waals surface area (Å²) in [5.41, 5.74) is 0.314. The van der Waals surface area contributed by atoms with Crippen LogP contribution in [0.5, 0.6) is 69.0 Å². The summed E-state index contributed by atoms with van der Waals surface area (Å²) in [7, 11) is 0. The topological polar surface area (TPSA) is 241 Å². The maximum Gasteiger partial charge on any atom is 0.200 e. The highest BCUT2D eigenvalue weighted by molar-refractivity contribution is 5.66. The maximum atomic E-state index is 11.8. The van der Waals surface area contributed by atoms with Crippen LogP contribution in [0.15, 0.2) is 42.5 Å². The number of ether oxygens (including phenoxy) is 2. The van der Waals surface area contributed by atoms with Gasteiger partial charge >= 0.3 is 0 Å². The number of hydrogen-bond acceptors (Lipinski definition) is 13. The Morgan fingerprint density at radius 2 is 1.12 bits per heavy atom. The quantitative estimate of drug-likeness (QED) is 0.153. The van der Waals surface area contributed by atoms with E-state index in [0.29, 0.717) is 0 Å². The summed E-state index contributed by atoms with van der Waals surface area (Å²) in [6.45, 7) is 0. The summed E-state index contributed by atoms with van der Waals surface area (Å²) in [5.74, 6) is -7.57. The van der Waals surface area contributed by atoms with E-state index < -0.39 is 76.0 Å². The van der Waals surface area contributed by atoms with E-state index in [1.165, 1.54) is 12.1 Å². The fourth-order valence-corrected chi connectivity index (χ4v) is 5.82. The summed E-state index contributed by atoms with van der Waals surface area (Å²) >= 11 is 0. The molecule has 0 amide bonds. The van der Waals surface area contributed by atoms with Crippen LogP contribution in [0.25, 0.3) is 0 Å². The van der Waals surface area contributed by atoms with Crippen molar-refractivity contribution in [1.82, 2.24) is 0 Å². The van der Waals surface area contributed by atoms with Crippen LogP contribution >= 0.6 is 0 Å². The molecule has 0 aliphatic carbocycles. The largest absolute Gasteiger partial charge is 0.508 e. The third-order valence-electron chi connectivity index (χ3n) is 7.81. The van der Waals surface area contributed by atoms with Gasteiger partial charge in [0.25, 0.3) is 0 Å². The van der Waals surface area contributed by atoms with Crippen molar-refractivity contribution in [2.75, 3.05) is 0 Å². The molecule has 2 heterocycles. The smallest absolute Gasteiger partial charge is 0.200 e. The van der Waals surface area contributed by atoms with E-state index >= 15 is 0 Å². The van der Waals surface area contributed by atoms with E-state index in [4.69, 9.17) is 9.47 Å². The predicted molar refractivity (Wildman–Crippen MR) is 145 cm³/mol. The fourth-order valence-electron chi connectivity index (χ4n) is 5.82. The minimum Gasteiger partial charge on any atom is -0.508 e. The molecule has 13 nitrogen and oxygen atoms in total. The number of aliphatic hydroxyl groups is 1. The third-order valence-corrected chi connectivity index (χ3v) is 7.81. The molecule has 6 rings (SSSR count). The Kier molecular flexibility index (Phi) is 6.27. The zero-order valence-electron chi connectivity index (χ0n) is 22.0. The van der Waals surface area contributed by atoms with Crippen molar-refractivity contribution in [3.05, 3.63) is 70.3 Å². The Labute approximate surface area is 242 Å². The number of hydrogen-bond donors (Lipinski definition) is 11. The molecule has 0 saturated carbocycles. The highest BCUT2D eigenvalue weighted by Gasteiger charge is 2.45. The molecule has 0 spiro atoms. The molecule has 0 bridgehead atoms. The van der Waals surface area contributed by atoms with Gasteiger partial charge in [-0.2, -0.15) is 0 Å². The first kappa shape index (κ1) is 27.6. The minimum absolute atomic E-state index is 0.0141. The van der Waals surface area contributed by atoms with Crippen LogP contribution < -0.4 is 9.47 Å². The highest BCUT2D eigenvalue weighted by Crippen LogP contribution is 2.57. The van der Waals surface area contributed by atoms with Gasteiger partial charge in [-0.15, -0.1) is 0 Å². The van der Waals surface area contributed by atoms with Crippen molar-refractivity contribution in [3.63, 3.8) is 0 Å². The molecule has 4 aromatic rings. The van der Waals surface area contributed by atoms with Crippen molar-refractivity contribution in [1.29, 1.82) is 0 Å². The Morgan fingerprint density at radius 1 is 0.558 bits per heavy atom. The van der Waals surface area contributed by atoms with Gasteiger partial charge in [-0.25, -0.2) is 0 Å². The number of aliphatic hydroxyl groups excluding tert-OH is 1. The molecule has 13 heteroatoms. The highest BCUT2D eigenvalue weighted by atomic mass is 16.5. The van der Waals surface area contributed by atoms with Crippen LogP contribution in [0, 0.1) is 0 Å². The average molecular weight is 595 g/mol. The summed E-state index contributed by atoms with van der Waals surface area (Å²) in [4.78, 5) is 0. The van der Waals surface area contributed by atoms with E-state index in [1.807, 2.05) is 0 Å². The van der Waals surface area contributed by atoms with E-state index in [9.17, 15) is 56.2 Å². The summed E-state index contributed by atoms with van der Waals surface area (Å²) in [6.07, 6.45) is -3.58. The Bertz CT molecular complexity index is 1740. The zero-order chi connectivity index (χ0) is 30.9. The SMILES string of the molecule is Oc1cc(O)c2c(c1)OC(c1cc(O)c(O)c(O)c1)C(O)C2c1c(O)cc(O)c2c1OC(c1cc(O)c(O)c(O)c1)CC2. The standard InChI is InChI=1S/C30H26O13/c31-12-7-15(33)23-22(8-12)43-29(11-5-19(37)27(40)20(38)6-11)28(41)25(23)24-16(34)9-14(32)13-1-2-21(42-30(13)24)10-3-17(35)26(39)18(36)4-10/h3-9,21,25,28-29,31-41H,1-2H2. The minimum atomic E-state index is -1.68. The van der Waals surface area contributed by atoms with Crippen LogP contribution in [0.3, 0.4) is 0 Å². The molecule has 43 heavy (non-hydrogen) atoms. The maximum absolute atomic E-state index is 11.8. The van der Waals surface area contributed by atoms with Gasteiger partial charge in [0.05, 0.1) is 5.92 Å². The first-order valence-corrected chi connectivity index (χ1v) is 13.0. The Morgan fingerprint density at radius 3 is 1.72 bits per heavy atom. The second-order valence-electron chi connectivity index (χ2n) is 10.5. The molecule has 2 aliphatic rings. The molecule has 0 aromatic heterocycles. The predicted octanol–water partition coefficient (Wildman–Crippen LogP) is 3.44. The number of aromatic hydroxyl groups is 10. The van der Waals surface area contributed by atoms with E-state index in [2.05, 4.69) is 0 Å². The lowest BCUT2D eigenvalue weighted by molar-refractivity contribution is 0.00572. The van der Waals surface area contributed by atoms with Gasteiger partial charge in [0.15, 0.2) is 40.6 Å². The van der Waals surface area contributed by atoms with E-state index in [-0.39, 0.29) is 57.9 Å². The van der Waals surface area contributed by atoms with Crippen LogP contribution in [-0.2, 0) is 6.42 Å². The third kappa shape index (κ3) is 4.37. The van der Waals surface area contributed by atoms with Crippen molar-refractivity contribution in [2.45, 2.75) is 37.1 Å². The summed E-state index contributed by atoms with van der Waals surface area (Å²) in [6, 6.07) is 7.63. The van der Waals surface area contributed by atoms with Gasteiger partial charge in [-0.3, -0.25) is 0 Å². The average Bonchev–Trinajstić information content (AvgIpc) is 2.94. The molecule has 0 fully saturated rings. The van der Waals surface area contributed by atoms with Crippen molar-refractivity contribution >= 4 is 0 Å². The molecule has 4 atom stereocenters. The molecule has 0 saturated heterocycles. The summed E-state index contributed by atoms with van der Waals surface area (Å²) < 4.78 is 12.1. The molecule has 4 unspecified atom stereocenters. The summed E-state index contributed by atoms with van der Waals surface area (Å²) in [5, 5.41) is 115. The molecule has 11 N–H and O–H groups in total. The number of phenolic OH excluding ortho intramolecular Hbond substituents is 10. The lowest BCUT2D eigenvalue weighted by Gasteiger charge is -2.39. The van der Waals surface area contributed by atoms with Gasteiger partial charge in [0, 0.05) is 40.5 Å². The number of fused-ring (bicyclic) bond motifs is 2. The number of benzene rings is 4. The van der Waals surface area contributed by atoms with Crippen LogP contribution in [0.1, 0.15) is 52.4 Å². The van der Waals surface area contributed by atoms with Gasteiger partial charge < -0.3 is 65.6 Å². The van der Waals surface area contributed by atoms with Gasteiger partial charge in [0.1, 0.15) is 46.7 Å². The lowest BCUT2D eigenvalue weighted by Crippen LogP contribution is -2.35. The molecule has 0 radical (unpaired) electrons. The second-order valence-corrected chi connectivity index (χ2v) is 10.5. The lowest BCUT2D eigenvalue weighted by atomic mass is 9.77. The molecule has 4 aromatic carbocycles. The first-order valence-electron chi connectivity index (χ1n) is 13.0. The van der Waals surface area contributed by atoms with Gasteiger partial charge in [0.2, 0.25) is 0 Å². The Balaban J connectivity index is 1.54. The molecule has 224 valence electrons. The number of rotatable bonds is 3.